The van der Waals surface area contributed by atoms with Gasteiger partial charge in [-0.1, -0.05) is 25.5 Å². The van der Waals surface area contributed by atoms with Crippen molar-refractivity contribution in [2.75, 3.05) is 0 Å². The van der Waals surface area contributed by atoms with E-state index in [9.17, 15) is 14.4 Å². The first-order chi connectivity index (χ1) is 11.3. The molecular weight excluding hydrogens is 304 g/mol. The van der Waals surface area contributed by atoms with E-state index in [0.29, 0.717) is 12.0 Å². The van der Waals surface area contributed by atoms with Gasteiger partial charge in [0.05, 0.1) is 0 Å². The number of fused-ring (bicyclic) bond motifs is 1. The van der Waals surface area contributed by atoms with Gasteiger partial charge in [-0.25, -0.2) is 4.79 Å². The monoisotopic (exact) mass is 330 g/mol. The number of hydrogen-bond donors (Lipinski definition) is 0. The maximum Gasteiger partial charge on any atom is 0.334 e. The predicted octanol–water partition coefficient (Wildman–Crippen LogP) is 3.72. The molecule has 1 aliphatic carbocycles. The van der Waals surface area contributed by atoms with Crippen LogP contribution in [0.3, 0.4) is 0 Å². The molecule has 2 rings (SSSR count). The summed E-state index contributed by atoms with van der Waals surface area (Å²) in [5, 5.41) is 0. The second kappa shape index (κ2) is 7.73. The Morgan fingerprint density at radius 1 is 1.17 bits per heavy atom. The molecule has 0 aromatic heterocycles. The van der Waals surface area contributed by atoms with E-state index in [1.165, 1.54) is 0 Å². The average Bonchev–Trinajstić information content (AvgIpc) is 2.83. The highest BCUT2D eigenvalue weighted by Crippen LogP contribution is 2.31. The van der Waals surface area contributed by atoms with Gasteiger partial charge in [-0.05, 0) is 50.3 Å². The van der Waals surface area contributed by atoms with Gasteiger partial charge in [-0.2, -0.15) is 0 Å². The SMILES string of the molecule is C/C1=C/C(=O)CC2=C[C@@H](OC2=O)[C@H](C(C)C)CC(=O)/C(C)=C\CC1. The zero-order valence-electron chi connectivity index (χ0n) is 14.9. The lowest BCUT2D eigenvalue weighted by atomic mass is 9.84. The van der Waals surface area contributed by atoms with Gasteiger partial charge in [-0.3, -0.25) is 9.59 Å². The van der Waals surface area contributed by atoms with Crippen LogP contribution in [0.25, 0.3) is 0 Å². The van der Waals surface area contributed by atoms with Gasteiger partial charge in [0.25, 0.3) is 0 Å². The molecule has 1 aliphatic heterocycles. The minimum atomic E-state index is -0.431. The van der Waals surface area contributed by atoms with Crippen LogP contribution in [-0.2, 0) is 19.1 Å². The first-order valence-corrected chi connectivity index (χ1v) is 8.59. The quantitative estimate of drug-likeness (QED) is 0.688. The zero-order chi connectivity index (χ0) is 17.9. The average molecular weight is 330 g/mol. The summed E-state index contributed by atoms with van der Waals surface area (Å²) in [5.74, 6) is -0.286. The van der Waals surface area contributed by atoms with E-state index in [1.54, 1.807) is 12.2 Å². The van der Waals surface area contributed by atoms with E-state index in [1.807, 2.05) is 33.8 Å². The fourth-order valence-electron chi connectivity index (χ4n) is 3.16. The number of allylic oxidation sites excluding steroid dienone is 4. The molecule has 24 heavy (non-hydrogen) atoms. The number of carbonyl (C=O) groups excluding carboxylic acids is 3. The summed E-state index contributed by atoms with van der Waals surface area (Å²) < 4.78 is 5.46. The normalized spacial score (nSPS) is 30.9. The molecule has 0 N–H and O–H groups in total. The van der Waals surface area contributed by atoms with E-state index in [0.717, 1.165) is 24.0 Å². The van der Waals surface area contributed by atoms with Gasteiger partial charge in [0.1, 0.15) is 6.10 Å². The number of ketones is 2. The molecule has 0 radical (unpaired) electrons. The van der Waals surface area contributed by atoms with Crippen LogP contribution in [0.5, 0.6) is 0 Å². The third kappa shape index (κ3) is 4.53. The van der Waals surface area contributed by atoms with Crippen LogP contribution >= 0.6 is 0 Å². The molecule has 4 nitrogen and oxygen atoms in total. The van der Waals surface area contributed by atoms with Crippen molar-refractivity contribution in [1.82, 2.24) is 0 Å². The lowest BCUT2D eigenvalue weighted by Gasteiger charge is -2.24. The van der Waals surface area contributed by atoms with Gasteiger partial charge < -0.3 is 4.74 Å². The summed E-state index contributed by atoms with van der Waals surface area (Å²) in [6, 6.07) is 0. The molecule has 2 atom stereocenters. The number of rotatable bonds is 1. The minimum Gasteiger partial charge on any atom is -0.454 e. The number of esters is 1. The van der Waals surface area contributed by atoms with E-state index >= 15 is 0 Å². The Morgan fingerprint density at radius 3 is 2.54 bits per heavy atom. The molecule has 0 saturated heterocycles. The standard InChI is InChI=1S/C20H26O4/c1-12(2)17-11-18(22)14(4)7-5-6-13(3)8-16(21)9-15-10-19(17)24-20(15)23/h7-8,10,12,17,19H,5-6,9,11H2,1-4H3/b13-8-,14-7-/t17-,19+/m0/s1. The van der Waals surface area contributed by atoms with Gasteiger partial charge >= 0.3 is 5.97 Å². The zero-order valence-corrected chi connectivity index (χ0v) is 14.9. The van der Waals surface area contributed by atoms with Gasteiger partial charge in [0.15, 0.2) is 11.6 Å². The topological polar surface area (TPSA) is 60.4 Å². The fourth-order valence-corrected chi connectivity index (χ4v) is 3.16. The molecule has 2 aliphatic rings. The molecule has 0 fully saturated rings. The summed E-state index contributed by atoms with van der Waals surface area (Å²) in [4.78, 5) is 36.7. The highest BCUT2D eigenvalue weighted by atomic mass is 16.5. The summed E-state index contributed by atoms with van der Waals surface area (Å²) >= 11 is 0. The molecule has 1 heterocycles. The van der Waals surface area contributed by atoms with E-state index in [-0.39, 0.29) is 29.8 Å². The number of carbonyl (C=O) groups is 3. The van der Waals surface area contributed by atoms with Crippen molar-refractivity contribution in [3.63, 3.8) is 0 Å². The van der Waals surface area contributed by atoms with Crippen LogP contribution in [0, 0.1) is 11.8 Å². The van der Waals surface area contributed by atoms with Crippen molar-refractivity contribution in [2.24, 2.45) is 11.8 Å². The summed E-state index contributed by atoms with van der Waals surface area (Å²) in [6.45, 7) is 7.78. The second-order valence-corrected chi connectivity index (χ2v) is 7.16. The molecule has 2 bridgehead atoms. The van der Waals surface area contributed by atoms with Crippen molar-refractivity contribution < 1.29 is 19.1 Å². The first-order valence-electron chi connectivity index (χ1n) is 8.59. The maximum atomic E-state index is 12.5. The van der Waals surface area contributed by atoms with Gasteiger partial charge in [0.2, 0.25) is 0 Å². The minimum absolute atomic E-state index is 0.0697. The van der Waals surface area contributed by atoms with Crippen molar-refractivity contribution >= 4 is 17.5 Å². The Labute approximate surface area is 143 Å². The lowest BCUT2D eigenvalue weighted by molar-refractivity contribution is -0.143. The summed E-state index contributed by atoms with van der Waals surface area (Å²) in [5.41, 5.74) is 2.11. The smallest absolute Gasteiger partial charge is 0.334 e. The molecule has 0 aromatic carbocycles. The third-order valence-corrected chi connectivity index (χ3v) is 4.77. The Kier molecular flexibility index (Phi) is 5.92. The molecule has 4 heteroatoms. The molecular formula is C20H26O4. The van der Waals surface area contributed by atoms with Crippen molar-refractivity contribution in [2.45, 2.75) is 59.5 Å². The Hall–Kier alpha value is -1.97. The Bertz CT molecular complexity index is 634. The molecule has 0 spiro atoms. The van der Waals surface area contributed by atoms with Crippen molar-refractivity contribution in [3.05, 3.63) is 34.9 Å². The lowest BCUT2D eigenvalue weighted by Crippen LogP contribution is -2.28. The number of hydrogen-bond acceptors (Lipinski definition) is 4. The molecule has 0 amide bonds. The molecule has 130 valence electrons. The number of Topliss-reactive ketones (excluding diaryl/α,β-unsaturated/α-hetero) is 1. The van der Waals surface area contributed by atoms with E-state index in [4.69, 9.17) is 4.74 Å². The Morgan fingerprint density at radius 2 is 1.88 bits per heavy atom. The largest absolute Gasteiger partial charge is 0.454 e. The van der Waals surface area contributed by atoms with Crippen LogP contribution in [0.1, 0.15) is 53.4 Å². The molecule has 0 unspecified atom stereocenters. The summed E-state index contributed by atoms with van der Waals surface area (Å²) in [7, 11) is 0. The van der Waals surface area contributed by atoms with Crippen molar-refractivity contribution in [1.29, 1.82) is 0 Å². The number of ether oxygens (including phenoxy) is 1. The molecule has 0 aromatic rings. The van der Waals surface area contributed by atoms with Gasteiger partial charge in [-0.15, -0.1) is 0 Å². The highest BCUT2D eigenvalue weighted by Gasteiger charge is 2.35. The first kappa shape index (κ1) is 18.4. The highest BCUT2D eigenvalue weighted by molar-refractivity contribution is 6.01. The van der Waals surface area contributed by atoms with Gasteiger partial charge in [0, 0.05) is 24.3 Å². The summed E-state index contributed by atoms with van der Waals surface area (Å²) in [6.07, 6.45) is 6.74. The van der Waals surface area contributed by atoms with Crippen LogP contribution in [0.2, 0.25) is 0 Å². The maximum absolute atomic E-state index is 12.5. The van der Waals surface area contributed by atoms with Crippen molar-refractivity contribution in [3.8, 4) is 0 Å². The third-order valence-electron chi connectivity index (χ3n) is 4.77. The van der Waals surface area contributed by atoms with Crippen LogP contribution < -0.4 is 0 Å². The van der Waals surface area contributed by atoms with Crippen LogP contribution in [0.4, 0.5) is 0 Å². The van der Waals surface area contributed by atoms with Crippen LogP contribution in [0.15, 0.2) is 34.9 Å². The Balaban J connectivity index is 2.35. The van der Waals surface area contributed by atoms with Crippen LogP contribution in [-0.4, -0.2) is 23.6 Å². The van der Waals surface area contributed by atoms with E-state index < -0.39 is 12.1 Å². The fraction of sp³-hybridized carbons (Fsp3) is 0.550. The molecule has 0 saturated carbocycles. The predicted molar refractivity (Wildman–Crippen MR) is 92.3 cm³/mol. The van der Waals surface area contributed by atoms with E-state index in [2.05, 4.69) is 0 Å². The second-order valence-electron chi connectivity index (χ2n) is 7.16.